The van der Waals surface area contributed by atoms with Crippen LogP contribution >= 0.6 is 11.3 Å². The van der Waals surface area contributed by atoms with Gasteiger partial charge in [0.15, 0.2) is 0 Å². The first-order valence-corrected chi connectivity index (χ1v) is 7.96. The van der Waals surface area contributed by atoms with E-state index in [9.17, 15) is 0 Å². The maximum Gasteiger partial charge on any atom is 0.00966 e. The number of nitrogens with one attached hydrogen (secondary N) is 1. The van der Waals surface area contributed by atoms with Gasteiger partial charge >= 0.3 is 0 Å². The molecule has 0 radical (unpaired) electrons. The van der Waals surface area contributed by atoms with Crippen LogP contribution in [-0.4, -0.2) is 12.1 Å². The maximum atomic E-state index is 3.65. The van der Waals surface area contributed by atoms with Gasteiger partial charge in [0.05, 0.1) is 0 Å². The van der Waals surface area contributed by atoms with Crippen LogP contribution in [0.25, 0.3) is 0 Å². The molecule has 1 aromatic heterocycles. The molecule has 1 rings (SSSR count). The summed E-state index contributed by atoms with van der Waals surface area (Å²) in [6.07, 6.45) is 2.38. The minimum Gasteiger partial charge on any atom is -0.312 e. The van der Waals surface area contributed by atoms with Gasteiger partial charge in [-0.3, -0.25) is 0 Å². The Kier molecular flexibility index (Phi) is 5.87. The molecule has 0 amide bonds. The smallest absolute Gasteiger partial charge is 0.00966 e. The zero-order chi connectivity index (χ0) is 13.8. The van der Waals surface area contributed by atoms with Crippen LogP contribution in [0.1, 0.15) is 51.3 Å². The van der Waals surface area contributed by atoms with E-state index in [0.717, 1.165) is 24.8 Å². The molecule has 2 heteroatoms. The number of thiophene rings is 1. The van der Waals surface area contributed by atoms with Gasteiger partial charge in [0, 0.05) is 15.3 Å². The van der Waals surface area contributed by atoms with E-state index in [2.05, 4.69) is 59.0 Å². The van der Waals surface area contributed by atoms with Gasteiger partial charge in [-0.15, -0.1) is 11.3 Å². The van der Waals surface area contributed by atoms with E-state index in [1.807, 2.05) is 11.3 Å². The molecule has 1 unspecified atom stereocenters. The second kappa shape index (κ2) is 6.72. The van der Waals surface area contributed by atoms with Crippen molar-refractivity contribution in [3.63, 3.8) is 0 Å². The molecule has 104 valence electrons. The fourth-order valence-corrected chi connectivity index (χ4v) is 3.01. The molecule has 0 spiro atoms. The fourth-order valence-electron chi connectivity index (χ4n) is 1.96. The van der Waals surface area contributed by atoms with E-state index < -0.39 is 0 Å². The van der Waals surface area contributed by atoms with E-state index >= 15 is 0 Å². The summed E-state index contributed by atoms with van der Waals surface area (Å²) in [6.45, 7) is 14.7. The normalized spacial score (nSPS) is 14.2. The Morgan fingerprint density at radius 1 is 1.17 bits per heavy atom. The van der Waals surface area contributed by atoms with Crippen molar-refractivity contribution in [2.24, 2.45) is 11.8 Å². The van der Waals surface area contributed by atoms with E-state index in [1.165, 1.54) is 11.3 Å². The largest absolute Gasteiger partial charge is 0.312 e. The summed E-state index contributed by atoms with van der Waals surface area (Å²) in [6, 6.07) is 4.60. The Hall–Kier alpha value is -0.340. The van der Waals surface area contributed by atoms with Crippen LogP contribution in [0.3, 0.4) is 0 Å². The predicted octanol–water partition coefficient (Wildman–Crippen LogP) is 4.51. The molecular formula is C16H29NS. The average Bonchev–Trinajstić information content (AvgIpc) is 2.70. The molecule has 0 aliphatic heterocycles. The molecule has 1 N–H and O–H groups in total. The molecule has 1 nitrogen and oxygen atoms in total. The van der Waals surface area contributed by atoms with Crippen molar-refractivity contribution in [3.8, 4) is 0 Å². The van der Waals surface area contributed by atoms with E-state index in [0.29, 0.717) is 0 Å². The average molecular weight is 267 g/mol. The SMILES string of the molecule is CCc1ccc(CC(CNC(C)(C)C)C(C)C)s1. The summed E-state index contributed by atoms with van der Waals surface area (Å²) >= 11 is 1.98. The number of hydrogen-bond acceptors (Lipinski definition) is 2. The highest BCUT2D eigenvalue weighted by atomic mass is 32.1. The van der Waals surface area contributed by atoms with Crippen molar-refractivity contribution < 1.29 is 0 Å². The van der Waals surface area contributed by atoms with Gasteiger partial charge in [0.1, 0.15) is 0 Å². The Labute approximate surface area is 117 Å². The van der Waals surface area contributed by atoms with Gasteiger partial charge in [-0.05, 0) is 64.1 Å². The molecule has 1 heterocycles. The number of rotatable bonds is 6. The summed E-state index contributed by atoms with van der Waals surface area (Å²) in [4.78, 5) is 3.05. The van der Waals surface area contributed by atoms with E-state index in [-0.39, 0.29) is 5.54 Å². The van der Waals surface area contributed by atoms with Crippen LogP contribution < -0.4 is 5.32 Å². The third-order valence-corrected chi connectivity index (χ3v) is 4.62. The summed E-state index contributed by atoms with van der Waals surface area (Å²) in [5.41, 5.74) is 0.219. The third kappa shape index (κ3) is 5.53. The van der Waals surface area contributed by atoms with E-state index in [1.54, 1.807) is 4.88 Å². The zero-order valence-corrected chi connectivity index (χ0v) is 13.7. The Morgan fingerprint density at radius 3 is 2.22 bits per heavy atom. The van der Waals surface area contributed by atoms with Crippen molar-refractivity contribution in [1.29, 1.82) is 0 Å². The van der Waals surface area contributed by atoms with Crippen LogP contribution in [0.4, 0.5) is 0 Å². The lowest BCUT2D eigenvalue weighted by Crippen LogP contribution is -2.40. The van der Waals surface area contributed by atoms with Crippen LogP contribution in [-0.2, 0) is 12.8 Å². The summed E-state index contributed by atoms with van der Waals surface area (Å²) < 4.78 is 0. The lowest BCUT2D eigenvalue weighted by atomic mass is 9.91. The lowest BCUT2D eigenvalue weighted by molar-refractivity contribution is 0.313. The number of aryl methyl sites for hydroxylation is 1. The van der Waals surface area contributed by atoms with Crippen LogP contribution in [0, 0.1) is 11.8 Å². The van der Waals surface area contributed by atoms with Crippen molar-refractivity contribution >= 4 is 11.3 Å². The van der Waals surface area contributed by atoms with Crippen LogP contribution in [0.2, 0.25) is 0 Å². The highest BCUT2D eigenvalue weighted by Gasteiger charge is 2.18. The quantitative estimate of drug-likeness (QED) is 0.799. The van der Waals surface area contributed by atoms with Crippen molar-refractivity contribution in [2.75, 3.05) is 6.54 Å². The molecule has 0 saturated carbocycles. The first-order chi connectivity index (χ1) is 8.31. The first kappa shape index (κ1) is 15.7. The highest BCUT2D eigenvalue weighted by molar-refractivity contribution is 7.11. The number of hydrogen-bond donors (Lipinski definition) is 1. The van der Waals surface area contributed by atoms with Gasteiger partial charge in [-0.1, -0.05) is 20.8 Å². The van der Waals surface area contributed by atoms with Crippen LogP contribution in [0.15, 0.2) is 12.1 Å². The maximum absolute atomic E-state index is 3.65. The first-order valence-electron chi connectivity index (χ1n) is 7.14. The standard InChI is InChI=1S/C16H29NS/c1-7-14-8-9-15(18-14)10-13(12(2)3)11-17-16(4,5)6/h8-9,12-13,17H,7,10-11H2,1-6H3. The zero-order valence-electron chi connectivity index (χ0n) is 12.8. The molecular weight excluding hydrogens is 238 g/mol. The van der Waals surface area contributed by atoms with Gasteiger partial charge in [-0.25, -0.2) is 0 Å². The highest BCUT2D eigenvalue weighted by Crippen LogP contribution is 2.23. The molecule has 0 aliphatic rings. The van der Waals surface area contributed by atoms with Crippen molar-refractivity contribution in [1.82, 2.24) is 5.32 Å². The minimum atomic E-state index is 0.219. The van der Waals surface area contributed by atoms with Crippen molar-refractivity contribution in [3.05, 3.63) is 21.9 Å². The molecule has 0 bridgehead atoms. The summed E-state index contributed by atoms with van der Waals surface area (Å²) in [5, 5.41) is 3.65. The topological polar surface area (TPSA) is 12.0 Å². The van der Waals surface area contributed by atoms with Gasteiger partial charge in [-0.2, -0.15) is 0 Å². The lowest BCUT2D eigenvalue weighted by Gasteiger charge is -2.27. The van der Waals surface area contributed by atoms with Gasteiger partial charge < -0.3 is 5.32 Å². The molecule has 0 aromatic carbocycles. The van der Waals surface area contributed by atoms with E-state index in [4.69, 9.17) is 0 Å². The molecule has 1 atom stereocenters. The Balaban J connectivity index is 2.57. The summed E-state index contributed by atoms with van der Waals surface area (Å²) in [5.74, 6) is 1.46. The fraction of sp³-hybridized carbons (Fsp3) is 0.750. The van der Waals surface area contributed by atoms with Crippen molar-refractivity contribution in [2.45, 2.75) is 59.9 Å². The monoisotopic (exact) mass is 267 g/mol. The molecule has 1 aromatic rings. The second-order valence-electron chi connectivity index (χ2n) is 6.56. The predicted molar refractivity (Wildman–Crippen MR) is 83.5 cm³/mol. The Bertz CT molecular complexity index is 346. The second-order valence-corrected chi connectivity index (χ2v) is 7.81. The molecule has 0 saturated heterocycles. The minimum absolute atomic E-state index is 0.219. The summed E-state index contributed by atoms with van der Waals surface area (Å²) in [7, 11) is 0. The van der Waals surface area contributed by atoms with Gasteiger partial charge in [0.2, 0.25) is 0 Å². The third-order valence-electron chi connectivity index (χ3n) is 3.37. The Morgan fingerprint density at radius 2 is 1.78 bits per heavy atom. The molecule has 0 aliphatic carbocycles. The van der Waals surface area contributed by atoms with Crippen LogP contribution in [0.5, 0.6) is 0 Å². The van der Waals surface area contributed by atoms with Gasteiger partial charge in [0.25, 0.3) is 0 Å². The molecule has 0 fully saturated rings. The molecule has 18 heavy (non-hydrogen) atoms.